The molecule has 104 valence electrons. The SMILES string of the molecule is CCOC(=O)N[C@@H](Cc1ccccc1C)C(=O)OC. The van der Waals surface area contributed by atoms with Gasteiger partial charge in [0.2, 0.25) is 0 Å². The van der Waals surface area contributed by atoms with Gasteiger partial charge in [0.15, 0.2) is 0 Å². The van der Waals surface area contributed by atoms with E-state index in [-0.39, 0.29) is 6.61 Å². The van der Waals surface area contributed by atoms with Crippen molar-refractivity contribution >= 4 is 12.1 Å². The summed E-state index contributed by atoms with van der Waals surface area (Å²) in [7, 11) is 1.29. The molecule has 1 atom stereocenters. The van der Waals surface area contributed by atoms with Crippen LogP contribution < -0.4 is 5.32 Å². The van der Waals surface area contributed by atoms with Crippen LogP contribution in [0.2, 0.25) is 0 Å². The lowest BCUT2D eigenvalue weighted by molar-refractivity contribution is -0.142. The van der Waals surface area contributed by atoms with Crippen LogP contribution in [0.4, 0.5) is 4.79 Å². The van der Waals surface area contributed by atoms with E-state index >= 15 is 0 Å². The summed E-state index contributed by atoms with van der Waals surface area (Å²) in [6, 6.07) is 6.93. The number of nitrogens with one attached hydrogen (secondary N) is 1. The van der Waals surface area contributed by atoms with Crippen molar-refractivity contribution in [1.29, 1.82) is 0 Å². The van der Waals surface area contributed by atoms with E-state index in [4.69, 9.17) is 9.47 Å². The molecule has 1 N–H and O–H groups in total. The molecule has 0 spiro atoms. The third-order valence-corrected chi connectivity index (χ3v) is 2.74. The predicted molar refractivity (Wildman–Crippen MR) is 70.8 cm³/mol. The first-order valence-electron chi connectivity index (χ1n) is 6.14. The molecule has 0 fully saturated rings. The summed E-state index contributed by atoms with van der Waals surface area (Å²) in [6.07, 6.45) is -0.246. The second-order valence-corrected chi connectivity index (χ2v) is 4.07. The van der Waals surface area contributed by atoms with Crippen molar-refractivity contribution < 1.29 is 19.1 Å². The van der Waals surface area contributed by atoms with Gasteiger partial charge in [0.25, 0.3) is 0 Å². The van der Waals surface area contributed by atoms with Crippen molar-refractivity contribution in [1.82, 2.24) is 5.32 Å². The zero-order valence-electron chi connectivity index (χ0n) is 11.4. The lowest BCUT2D eigenvalue weighted by atomic mass is 10.0. The highest BCUT2D eigenvalue weighted by Gasteiger charge is 2.22. The molecule has 1 amide bonds. The highest BCUT2D eigenvalue weighted by molar-refractivity contribution is 5.81. The van der Waals surface area contributed by atoms with Crippen LogP contribution in [0.3, 0.4) is 0 Å². The van der Waals surface area contributed by atoms with Gasteiger partial charge in [0, 0.05) is 6.42 Å². The van der Waals surface area contributed by atoms with Crippen molar-refractivity contribution in [3.05, 3.63) is 35.4 Å². The summed E-state index contributed by atoms with van der Waals surface area (Å²) in [4.78, 5) is 23.1. The minimum atomic E-state index is -0.745. The molecule has 19 heavy (non-hydrogen) atoms. The van der Waals surface area contributed by atoms with Gasteiger partial charge in [0.1, 0.15) is 6.04 Å². The van der Waals surface area contributed by atoms with Crippen LogP contribution in [0, 0.1) is 6.92 Å². The molecule has 0 aliphatic rings. The average Bonchev–Trinajstić information content (AvgIpc) is 2.39. The number of benzene rings is 1. The molecule has 5 heteroatoms. The lowest BCUT2D eigenvalue weighted by Crippen LogP contribution is -2.43. The summed E-state index contributed by atoms with van der Waals surface area (Å²) in [5, 5.41) is 2.51. The maximum absolute atomic E-state index is 11.7. The first kappa shape index (κ1) is 15.0. The van der Waals surface area contributed by atoms with Crippen LogP contribution >= 0.6 is 0 Å². The second-order valence-electron chi connectivity index (χ2n) is 4.07. The maximum atomic E-state index is 11.7. The average molecular weight is 265 g/mol. The molecule has 0 radical (unpaired) electrons. The zero-order chi connectivity index (χ0) is 14.3. The summed E-state index contributed by atoms with van der Waals surface area (Å²) in [5.74, 6) is -0.490. The molecule has 1 aromatic rings. The highest BCUT2D eigenvalue weighted by atomic mass is 16.6. The molecule has 0 saturated carbocycles. The van der Waals surface area contributed by atoms with Gasteiger partial charge in [-0.1, -0.05) is 24.3 Å². The van der Waals surface area contributed by atoms with E-state index in [1.165, 1.54) is 7.11 Å². The van der Waals surface area contributed by atoms with Gasteiger partial charge in [-0.3, -0.25) is 0 Å². The van der Waals surface area contributed by atoms with E-state index in [9.17, 15) is 9.59 Å². The van der Waals surface area contributed by atoms with Crippen LogP contribution in [0.5, 0.6) is 0 Å². The van der Waals surface area contributed by atoms with Gasteiger partial charge < -0.3 is 14.8 Å². The summed E-state index contributed by atoms with van der Waals surface area (Å²) in [6.45, 7) is 3.91. The van der Waals surface area contributed by atoms with E-state index in [2.05, 4.69) is 5.32 Å². The van der Waals surface area contributed by atoms with Crippen molar-refractivity contribution in [2.24, 2.45) is 0 Å². The number of alkyl carbamates (subject to hydrolysis) is 1. The summed E-state index contributed by atoms with van der Waals surface area (Å²) in [5.41, 5.74) is 2.04. The van der Waals surface area contributed by atoms with E-state index < -0.39 is 18.1 Å². The summed E-state index contributed by atoms with van der Waals surface area (Å²) < 4.78 is 9.47. The molecule has 0 aromatic heterocycles. The van der Waals surface area contributed by atoms with Gasteiger partial charge in [-0.25, -0.2) is 9.59 Å². The standard InChI is InChI=1S/C14H19NO4/c1-4-19-14(17)15-12(13(16)18-3)9-11-8-6-5-7-10(11)2/h5-8,12H,4,9H2,1-3H3,(H,15,17)/t12-/m0/s1. The van der Waals surface area contributed by atoms with Crippen molar-refractivity contribution in [3.8, 4) is 0 Å². The lowest BCUT2D eigenvalue weighted by Gasteiger charge is -2.17. The van der Waals surface area contributed by atoms with Crippen LogP contribution in [-0.4, -0.2) is 31.8 Å². The van der Waals surface area contributed by atoms with Crippen molar-refractivity contribution in [2.75, 3.05) is 13.7 Å². The smallest absolute Gasteiger partial charge is 0.407 e. The van der Waals surface area contributed by atoms with Crippen LogP contribution in [-0.2, 0) is 20.7 Å². The first-order valence-corrected chi connectivity index (χ1v) is 6.14. The Kier molecular flexibility index (Phi) is 5.85. The van der Waals surface area contributed by atoms with Gasteiger partial charge >= 0.3 is 12.1 Å². The molecule has 5 nitrogen and oxygen atoms in total. The molecule has 0 aliphatic carbocycles. The van der Waals surface area contributed by atoms with Crippen LogP contribution in [0.25, 0.3) is 0 Å². The zero-order valence-corrected chi connectivity index (χ0v) is 11.4. The number of aryl methyl sites for hydroxylation is 1. The van der Waals surface area contributed by atoms with Gasteiger partial charge in [-0.15, -0.1) is 0 Å². The fraction of sp³-hybridized carbons (Fsp3) is 0.429. The summed E-state index contributed by atoms with van der Waals surface area (Å²) >= 11 is 0. The molecule has 0 bridgehead atoms. The fourth-order valence-corrected chi connectivity index (χ4v) is 1.71. The Bertz CT molecular complexity index is 445. The molecular weight excluding hydrogens is 246 g/mol. The molecule has 0 unspecified atom stereocenters. The number of hydrogen-bond donors (Lipinski definition) is 1. The number of amides is 1. The number of methoxy groups -OCH3 is 1. The monoisotopic (exact) mass is 265 g/mol. The first-order chi connectivity index (χ1) is 9.08. The molecule has 0 aliphatic heterocycles. The molecule has 1 aromatic carbocycles. The minimum Gasteiger partial charge on any atom is -0.467 e. The van der Waals surface area contributed by atoms with Crippen molar-refractivity contribution in [2.45, 2.75) is 26.3 Å². The second kappa shape index (κ2) is 7.41. The Morgan fingerprint density at radius 1 is 1.32 bits per heavy atom. The van der Waals surface area contributed by atoms with Gasteiger partial charge in [-0.2, -0.15) is 0 Å². The Morgan fingerprint density at radius 2 is 2.00 bits per heavy atom. The van der Waals surface area contributed by atoms with E-state index in [1.54, 1.807) is 6.92 Å². The van der Waals surface area contributed by atoms with Crippen LogP contribution in [0.15, 0.2) is 24.3 Å². The Balaban J connectivity index is 2.78. The molecular formula is C14H19NO4. The van der Waals surface area contributed by atoms with Crippen molar-refractivity contribution in [3.63, 3.8) is 0 Å². The maximum Gasteiger partial charge on any atom is 0.407 e. The molecule has 1 rings (SSSR count). The van der Waals surface area contributed by atoms with E-state index in [1.807, 2.05) is 31.2 Å². The number of carbonyl (C=O) groups is 2. The molecule has 0 heterocycles. The third kappa shape index (κ3) is 4.62. The topological polar surface area (TPSA) is 64.6 Å². The largest absolute Gasteiger partial charge is 0.467 e. The highest BCUT2D eigenvalue weighted by Crippen LogP contribution is 2.10. The van der Waals surface area contributed by atoms with Gasteiger partial charge in [0.05, 0.1) is 13.7 Å². The number of hydrogen-bond acceptors (Lipinski definition) is 4. The fourth-order valence-electron chi connectivity index (χ4n) is 1.71. The Morgan fingerprint density at radius 3 is 2.58 bits per heavy atom. The van der Waals surface area contributed by atoms with E-state index in [0.717, 1.165) is 11.1 Å². The van der Waals surface area contributed by atoms with E-state index in [0.29, 0.717) is 6.42 Å². The Labute approximate surface area is 112 Å². The normalized spacial score (nSPS) is 11.5. The number of rotatable bonds is 5. The Hall–Kier alpha value is -2.04. The van der Waals surface area contributed by atoms with Gasteiger partial charge in [-0.05, 0) is 25.0 Å². The predicted octanol–water partition coefficient (Wildman–Crippen LogP) is 1.83. The third-order valence-electron chi connectivity index (χ3n) is 2.74. The number of ether oxygens (including phenoxy) is 2. The van der Waals surface area contributed by atoms with Crippen LogP contribution in [0.1, 0.15) is 18.1 Å². The number of carbonyl (C=O) groups excluding carboxylic acids is 2. The quantitative estimate of drug-likeness (QED) is 0.825. The minimum absolute atomic E-state index is 0.254. The molecule has 0 saturated heterocycles. The number of esters is 1.